The maximum Gasteiger partial charge on any atom is 0.140 e. The Bertz CT molecular complexity index is 556. The largest absolute Gasteiger partial charge is 0.487 e. The van der Waals surface area contributed by atoms with E-state index in [0.717, 1.165) is 5.56 Å². The Balaban J connectivity index is 2.10. The zero-order chi connectivity index (χ0) is 13.1. The standard InChI is InChI=1S/C13H12Cl2N2O/c14-9-3-1-8(2-4-9)7-18-13-6-12(17)11(16)5-10(13)15/h1-6H,7,16-17H2. The predicted octanol–water partition coefficient (Wildman–Crippen LogP) is 3.74. The molecule has 0 unspecified atom stereocenters. The Labute approximate surface area is 115 Å². The average Bonchev–Trinajstić information content (AvgIpc) is 2.34. The molecule has 0 saturated carbocycles. The van der Waals surface area contributed by atoms with Gasteiger partial charge in [-0.05, 0) is 23.8 Å². The highest BCUT2D eigenvalue weighted by atomic mass is 35.5. The molecule has 0 bridgehead atoms. The van der Waals surface area contributed by atoms with E-state index >= 15 is 0 Å². The molecule has 0 spiro atoms. The molecule has 0 radical (unpaired) electrons. The molecule has 3 nitrogen and oxygen atoms in total. The SMILES string of the molecule is Nc1cc(Cl)c(OCc2ccc(Cl)cc2)cc1N. The van der Waals surface area contributed by atoms with E-state index < -0.39 is 0 Å². The van der Waals surface area contributed by atoms with Crippen LogP contribution in [0, 0.1) is 0 Å². The second kappa shape index (κ2) is 5.38. The fraction of sp³-hybridized carbons (Fsp3) is 0.0769. The second-order valence-corrected chi connectivity index (χ2v) is 4.67. The molecule has 0 heterocycles. The van der Waals surface area contributed by atoms with Crippen molar-refractivity contribution in [1.29, 1.82) is 0 Å². The first-order valence-electron chi connectivity index (χ1n) is 5.28. The van der Waals surface area contributed by atoms with Crippen LogP contribution in [0.1, 0.15) is 5.56 Å². The first-order valence-corrected chi connectivity index (χ1v) is 6.03. The molecule has 18 heavy (non-hydrogen) atoms. The third-order valence-corrected chi connectivity index (χ3v) is 2.99. The lowest BCUT2D eigenvalue weighted by Gasteiger charge is -2.10. The van der Waals surface area contributed by atoms with E-state index in [4.69, 9.17) is 39.4 Å². The van der Waals surface area contributed by atoms with Crippen molar-refractivity contribution in [3.8, 4) is 5.75 Å². The zero-order valence-corrected chi connectivity index (χ0v) is 11.0. The fourth-order valence-electron chi connectivity index (χ4n) is 1.44. The third kappa shape index (κ3) is 3.00. The highest BCUT2D eigenvalue weighted by molar-refractivity contribution is 6.32. The second-order valence-electron chi connectivity index (χ2n) is 3.83. The highest BCUT2D eigenvalue weighted by Crippen LogP contribution is 2.31. The van der Waals surface area contributed by atoms with Crippen molar-refractivity contribution < 1.29 is 4.74 Å². The van der Waals surface area contributed by atoms with Gasteiger partial charge in [0.2, 0.25) is 0 Å². The van der Waals surface area contributed by atoms with Crippen molar-refractivity contribution in [3.63, 3.8) is 0 Å². The van der Waals surface area contributed by atoms with Gasteiger partial charge in [-0.25, -0.2) is 0 Å². The summed E-state index contributed by atoms with van der Waals surface area (Å²) in [7, 11) is 0. The van der Waals surface area contributed by atoms with E-state index in [1.54, 1.807) is 24.3 Å². The van der Waals surface area contributed by atoms with Crippen LogP contribution in [0.15, 0.2) is 36.4 Å². The van der Waals surface area contributed by atoms with Crippen LogP contribution >= 0.6 is 23.2 Å². The highest BCUT2D eigenvalue weighted by Gasteiger charge is 2.06. The number of hydrogen-bond acceptors (Lipinski definition) is 3. The summed E-state index contributed by atoms with van der Waals surface area (Å²) in [6, 6.07) is 10.6. The number of ether oxygens (including phenoxy) is 1. The lowest BCUT2D eigenvalue weighted by Crippen LogP contribution is -1.99. The van der Waals surface area contributed by atoms with E-state index in [-0.39, 0.29) is 0 Å². The lowest BCUT2D eigenvalue weighted by atomic mass is 10.2. The third-order valence-electron chi connectivity index (χ3n) is 2.45. The van der Waals surface area contributed by atoms with E-state index in [2.05, 4.69) is 0 Å². The predicted molar refractivity (Wildman–Crippen MR) is 76.1 cm³/mol. The maximum absolute atomic E-state index is 6.01. The molecule has 2 aromatic carbocycles. The summed E-state index contributed by atoms with van der Waals surface area (Å²) < 4.78 is 5.59. The number of hydrogen-bond donors (Lipinski definition) is 2. The minimum atomic E-state index is 0.389. The van der Waals surface area contributed by atoms with Crippen molar-refractivity contribution in [2.75, 3.05) is 11.5 Å². The molecule has 0 atom stereocenters. The van der Waals surface area contributed by atoms with Crippen LogP contribution < -0.4 is 16.2 Å². The Morgan fingerprint density at radius 3 is 2.22 bits per heavy atom. The Morgan fingerprint density at radius 2 is 1.56 bits per heavy atom. The van der Waals surface area contributed by atoms with Crippen LogP contribution in [0.25, 0.3) is 0 Å². The Kier molecular flexibility index (Phi) is 3.84. The van der Waals surface area contributed by atoms with Crippen LogP contribution in [0.3, 0.4) is 0 Å². The van der Waals surface area contributed by atoms with Gasteiger partial charge >= 0.3 is 0 Å². The molecular formula is C13H12Cl2N2O. The van der Waals surface area contributed by atoms with Gasteiger partial charge in [0.15, 0.2) is 0 Å². The van der Waals surface area contributed by atoms with Crippen LogP contribution in [0.2, 0.25) is 10.0 Å². The maximum atomic E-state index is 6.01. The summed E-state index contributed by atoms with van der Waals surface area (Å²) in [5.41, 5.74) is 13.2. The number of benzene rings is 2. The number of nitrogens with two attached hydrogens (primary N) is 2. The molecule has 0 aliphatic rings. The molecule has 0 aliphatic carbocycles. The zero-order valence-electron chi connectivity index (χ0n) is 9.49. The lowest BCUT2D eigenvalue weighted by molar-refractivity contribution is 0.306. The molecule has 2 aromatic rings. The quantitative estimate of drug-likeness (QED) is 0.843. The monoisotopic (exact) mass is 282 g/mol. The molecule has 2 rings (SSSR count). The number of nitrogen functional groups attached to an aromatic ring is 2. The van der Waals surface area contributed by atoms with Crippen molar-refractivity contribution in [1.82, 2.24) is 0 Å². The van der Waals surface area contributed by atoms with Crippen molar-refractivity contribution in [2.24, 2.45) is 0 Å². The van der Waals surface area contributed by atoms with Crippen LogP contribution in [-0.2, 0) is 6.61 Å². The Morgan fingerprint density at radius 1 is 0.944 bits per heavy atom. The first kappa shape index (κ1) is 12.9. The van der Waals surface area contributed by atoms with E-state index in [1.807, 2.05) is 12.1 Å². The minimum Gasteiger partial charge on any atom is -0.487 e. The van der Waals surface area contributed by atoms with Gasteiger partial charge in [0.25, 0.3) is 0 Å². The summed E-state index contributed by atoms with van der Waals surface area (Å²) in [5.74, 6) is 0.512. The summed E-state index contributed by atoms with van der Waals surface area (Å²) in [4.78, 5) is 0. The molecule has 0 aliphatic heterocycles. The molecule has 0 fully saturated rings. The minimum absolute atomic E-state index is 0.389. The molecule has 0 amide bonds. The number of rotatable bonds is 3. The molecule has 94 valence electrons. The number of halogens is 2. The van der Waals surface area contributed by atoms with Crippen molar-refractivity contribution in [2.45, 2.75) is 6.61 Å². The molecule has 4 N–H and O–H groups in total. The molecule has 5 heteroatoms. The topological polar surface area (TPSA) is 61.3 Å². The van der Waals surface area contributed by atoms with E-state index in [1.165, 1.54) is 0 Å². The summed E-state index contributed by atoms with van der Waals surface area (Å²) in [6.45, 7) is 0.389. The summed E-state index contributed by atoms with van der Waals surface area (Å²) >= 11 is 11.8. The Hall–Kier alpha value is -1.58. The van der Waals surface area contributed by atoms with Gasteiger partial charge in [0.1, 0.15) is 12.4 Å². The van der Waals surface area contributed by atoms with Crippen LogP contribution in [0.5, 0.6) is 5.75 Å². The van der Waals surface area contributed by atoms with Crippen LogP contribution in [0.4, 0.5) is 11.4 Å². The van der Waals surface area contributed by atoms with E-state index in [0.29, 0.717) is 33.8 Å². The van der Waals surface area contributed by atoms with Gasteiger partial charge in [-0.1, -0.05) is 35.3 Å². The smallest absolute Gasteiger partial charge is 0.140 e. The molecule has 0 saturated heterocycles. The van der Waals surface area contributed by atoms with Gasteiger partial charge in [0, 0.05) is 11.1 Å². The van der Waals surface area contributed by atoms with Gasteiger partial charge in [-0.2, -0.15) is 0 Å². The van der Waals surface area contributed by atoms with Gasteiger partial charge in [-0.3, -0.25) is 0 Å². The molecule has 0 aromatic heterocycles. The van der Waals surface area contributed by atoms with Gasteiger partial charge < -0.3 is 16.2 Å². The normalized spacial score (nSPS) is 10.3. The van der Waals surface area contributed by atoms with Gasteiger partial charge in [0.05, 0.1) is 16.4 Å². The summed E-state index contributed by atoms with van der Waals surface area (Å²) in [5, 5.41) is 1.13. The average molecular weight is 283 g/mol. The molecular weight excluding hydrogens is 271 g/mol. The fourth-order valence-corrected chi connectivity index (χ4v) is 1.79. The van der Waals surface area contributed by atoms with Crippen molar-refractivity contribution >= 4 is 34.6 Å². The van der Waals surface area contributed by atoms with E-state index in [9.17, 15) is 0 Å². The van der Waals surface area contributed by atoms with Crippen molar-refractivity contribution in [3.05, 3.63) is 52.0 Å². The number of anilines is 2. The summed E-state index contributed by atoms with van der Waals surface area (Å²) in [6.07, 6.45) is 0. The first-order chi connectivity index (χ1) is 8.56. The van der Waals surface area contributed by atoms with Crippen LogP contribution in [-0.4, -0.2) is 0 Å². The van der Waals surface area contributed by atoms with Gasteiger partial charge in [-0.15, -0.1) is 0 Å².